The second kappa shape index (κ2) is 7.96. The number of methoxy groups -OCH3 is 1. The van der Waals surface area contributed by atoms with Gasteiger partial charge in [0.2, 0.25) is 5.91 Å². The van der Waals surface area contributed by atoms with E-state index in [0.717, 1.165) is 10.5 Å². The topological polar surface area (TPSA) is 102 Å². The van der Waals surface area contributed by atoms with Crippen LogP contribution in [-0.2, 0) is 14.4 Å². The summed E-state index contributed by atoms with van der Waals surface area (Å²) in [7, 11) is 1.57. The highest BCUT2D eigenvalue weighted by atomic mass is 16.7. The average Bonchev–Trinajstić information content (AvgIpc) is 3.27. The number of hydrogen-bond acceptors (Lipinski definition) is 7. The minimum atomic E-state index is -1.29. The number of carbonyl (C=O) groups excluding carboxylic acids is 2. The molecule has 172 valence electrons. The van der Waals surface area contributed by atoms with E-state index >= 15 is 0 Å². The molecule has 3 atom stereocenters. The lowest BCUT2D eigenvalue weighted by Crippen LogP contribution is -2.41. The van der Waals surface area contributed by atoms with Crippen LogP contribution in [0.4, 0.5) is 17.1 Å². The molecule has 9 nitrogen and oxygen atoms in total. The molecule has 2 fully saturated rings. The van der Waals surface area contributed by atoms with Gasteiger partial charge in [-0.1, -0.05) is 36.4 Å². The van der Waals surface area contributed by atoms with E-state index in [-0.39, 0.29) is 11.4 Å². The summed E-state index contributed by atoms with van der Waals surface area (Å²) < 4.78 is 5.27. The number of imide groups is 1. The molecule has 2 amide bonds. The van der Waals surface area contributed by atoms with E-state index < -0.39 is 34.3 Å². The number of ether oxygens (including phenoxy) is 1. The third-order valence-electron chi connectivity index (χ3n) is 6.42. The summed E-state index contributed by atoms with van der Waals surface area (Å²) in [6, 6.07) is 21.3. The molecule has 9 heteroatoms. The number of nitro groups is 1. The quantitative estimate of drug-likeness (QED) is 0.322. The number of rotatable bonds is 5. The minimum absolute atomic E-state index is 0.142. The predicted octanol–water partition coefficient (Wildman–Crippen LogP) is 4.04. The second-order valence-corrected chi connectivity index (χ2v) is 8.36. The molecule has 0 N–H and O–H groups in total. The molecule has 0 spiro atoms. The largest absolute Gasteiger partial charge is 0.497 e. The highest BCUT2D eigenvalue weighted by Crippen LogP contribution is 2.55. The Balaban J connectivity index is 1.62. The van der Waals surface area contributed by atoms with Crippen LogP contribution in [0.3, 0.4) is 0 Å². The molecule has 3 aromatic carbocycles. The summed E-state index contributed by atoms with van der Waals surface area (Å²) >= 11 is 0. The molecule has 34 heavy (non-hydrogen) atoms. The number of fused-ring (bicyclic) bond motifs is 1. The van der Waals surface area contributed by atoms with Gasteiger partial charge in [-0.05, 0) is 42.8 Å². The van der Waals surface area contributed by atoms with Crippen molar-refractivity contribution in [2.24, 2.45) is 5.41 Å². The lowest BCUT2D eigenvalue weighted by Gasteiger charge is -2.32. The summed E-state index contributed by atoms with van der Waals surface area (Å²) in [4.78, 5) is 45.2. The first-order valence-corrected chi connectivity index (χ1v) is 10.6. The fraction of sp³-hybridized carbons (Fsp3) is 0.200. The van der Waals surface area contributed by atoms with Gasteiger partial charge in [0, 0.05) is 12.1 Å². The fourth-order valence-corrected chi connectivity index (χ4v) is 4.70. The Morgan fingerprint density at radius 1 is 0.971 bits per heavy atom. The molecule has 0 aliphatic carbocycles. The number of hydroxylamine groups is 1. The molecule has 2 aliphatic heterocycles. The van der Waals surface area contributed by atoms with Crippen molar-refractivity contribution in [2.75, 3.05) is 17.1 Å². The van der Waals surface area contributed by atoms with Gasteiger partial charge in [0.25, 0.3) is 11.6 Å². The number of nitro benzene ring substituents is 1. The van der Waals surface area contributed by atoms with E-state index in [1.54, 1.807) is 31.2 Å². The van der Waals surface area contributed by atoms with E-state index in [0.29, 0.717) is 11.4 Å². The van der Waals surface area contributed by atoms with Crippen LogP contribution < -0.4 is 14.7 Å². The van der Waals surface area contributed by atoms with Crippen molar-refractivity contribution in [3.8, 4) is 5.75 Å². The predicted molar refractivity (Wildman–Crippen MR) is 123 cm³/mol. The Labute approximate surface area is 195 Å². The monoisotopic (exact) mass is 459 g/mol. The summed E-state index contributed by atoms with van der Waals surface area (Å²) in [5.74, 6) is -0.394. The van der Waals surface area contributed by atoms with Gasteiger partial charge in [-0.15, -0.1) is 0 Å². The van der Waals surface area contributed by atoms with E-state index in [9.17, 15) is 19.7 Å². The number of amides is 2. The number of nitrogens with zero attached hydrogens (tertiary/aromatic N) is 3. The number of anilines is 2. The smallest absolute Gasteiger partial charge is 0.271 e. The van der Waals surface area contributed by atoms with Gasteiger partial charge < -0.3 is 4.74 Å². The SMILES string of the molecule is COc1ccc([C@H]2N(c3ccccc3)O[C@@H]3C(=O)N(c4cccc([N+](=O)[O-])c4)C(=O)[C@]32C)cc1. The maximum Gasteiger partial charge on any atom is 0.271 e. The van der Waals surface area contributed by atoms with Gasteiger partial charge in [-0.3, -0.25) is 24.5 Å². The van der Waals surface area contributed by atoms with Crippen LogP contribution in [0.1, 0.15) is 18.5 Å². The molecule has 0 radical (unpaired) electrons. The van der Waals surface area contributed by atoms with Crippen LogP contribution >= 0.6 is 0 Å². The molecule has 0 aromatic heterocycles. The van der Waals surface area contributed by atoms with Crippen molar-refractivity contribution in [1.29, 1.82) is 0 Å². The van der Waals surface area contributed by atoms with Crippen LogP contribution in [0, 0.1) is 15.5 Å². The Hall–Kier alpha value is -4.24. The Kier molecular flexibility index (Phi) is 5.06. The van der Waals surface area contributed by atoms with E-state index in [1.807, 2.05) is 42.5 Å². The number of non-ortho nitro benzene ring substituents is 1. The van der Waals surface area contributed by atoms with Gasteiger partial charge in [0.1, 0.15) is 11.2 Å². The van der Waals surface area contributed by atoms with Crippen molar-refractivity contribution in [2.45, 2.75) is 19.1 Å². The summed E-state index contributed by atoms with van der Waals surface area (Å²) in [5.41, 5.74) is 0.103. The highest BCUT2D eigenvalue weighted by molar-refractivity contribution is 6.25. The number of para-hydroxylation sites is 1. The Bertz CT molecular complexity index is 1280. The van der Waals surface area contributed by atoms with Gasteiger partial charge in [0.15, 0.2) is 6.10 Å². The molecule has 5 rings (SSSR count). The van der Waals surface area contributed by atoms with Crippen molar-refractivity contribution in [3.63, 3.8) is 0 Å². The maximum absolute atomic E-state index is 13.9. The summed E-state index contributed by atoms with van der Waals surface area (Å²) in [5, 5.41) is 12.9. The minimum Gasteiger partial charge on any atom is -0.497 e. The fourth-order valence-electron chi connectivity index (χ4n) is 4.70. The summed E-state index contributed by atoms with van der Waals surface area (Å²) in [6.45, 7) is 1.70. The molecule has 0 saturated carbocycles. The number of carbonyl (C=O) groups is 2. The van der Waals surface area contributed by atoms with Gasteiger partial charge in [0.05, 0.1) is 29.4 Å². The third kappa shape index (κ3) is 3.12. The second-order valence-electron chi connectivity index (χ2n) is 8.36. The molecule has 2 aliphatic rings. The number of hydrogen-bond donors (Lipinski definition) is 0. The van der Waals surface area contributed by atoms with E-state index in [1.165, 1.54) is 24.3 Å². The van der Waals surface area contributed by atoms with Crippen LogP contribution in [0.2, 0.25) is 0 Å². The van der Waals surface area contributed by atoms with E-state index in [2.05, 4.69) is 0 Å². The van der Waals surface area contributed by atoms with Crippen molar-refractivity contribution < 1.29 is 24.1 Å². The van der Waals surface area contributed by atoms with Gasteiger partial charge in [-0.2, -0.15) is 0 Å². The number of benzene rings is 3. The van der Waals surface area contributed by atoms with E-state index in [4.69, 9.17) is 9.57 Å². The molecule has 2 saturated heterocycles. The third-order valence-corrected chi connectivity index (χ3v) is 6.42. The maximum atomic E-state index is 13.9. The zero-order chi connectivity index (χ0) is 24.0. The Morgan fingerprint density at radius 3 is 2.29 bits per heavy atom. The molecular weight excluding hydrogens is 438 g/mol. The first-order valence-electron chi connectivity index (χ1n) is 10.6. The van der Waals surface area contributed by atoms with Crippen LogP contribution in [0.5, 0.6) is 5.75 Å². The zero-order valence-corrected chi connectivity index (χ0v) is 18.5. The normalized spacial score (nSPS) is 23.8. The first-order chi connectivity index (χ1) is 16.4. The molecular formula is C25H21N3O6. The van der Waals surface area contributed by atoms with Crippen molar-refractivity contribution in [1.82, 2.24) is 0 Å². The van der Waals surface area contributed by atoms with Gasteiger partial charge >= 0.3 is 0 Å². The lowest BCUT2D eigenvalue weighted by atomic mass is 9.76. The average molecular weight is 459 g/mol. The molecule has 2 heterocycles. The van der Waals surface area contributed by atoms with Crippen LogP contribution in [-0.4, -0.2) is 30.0 Å². The van der Waals surface area contributed by atoms with Crippen LogP contribution in [0.25, 0.3) is 0 Å². The summed E-state index contributed by atoms with van der Waals surface area (Å²) in [6.07, 6.45) is -1.11. The van der Waals surface area contributed by atoms with Crippen LogP contribution in [0.15, 0.2) is 78.9 Å². The molecule has 0 bridgehead atoms. The molecule has 3 aromatic rings. The lowest BCUT2D eigenvalue weighted by molar-refractivity contribution is -0.384. The van der Waals surface area contributed by atoms with Crippen molar-refractivity contribution >= 4 is 28.9 Å². The highest BCUT2D eigenvalue weighted by Gasteiger charge is 2.68. The van der Waals surface area contributed by atoms with Crippen molar-refractivity contribution in [3.05, 3.63) is 94.5 Å². The van der Waals surface area contributed by atoms with Gasteiger partial charge in [-0.25, -0.2) is 9.96 Å². The standard InChI is InChI=1S/C25H21N3O6/c1-25-21(16-11-13-20(33-2)14-12-16)27(17-7-4-3-5-8-17)34-22(25)23(29)26(24(25)30)18-9-6-10-19(15-18)28(31)32/h3-15,21-22H,1-2H3/t21-,22-,25+/m1/s1. The Morgan fingerprint density at radius 2 is 1.65 bits per heavy atom. The first kappa shape index (κ1) is 21.6. The zero-order valence-electron chi connectivity index (χ0n) is 18.5. The molecule has 0 unspecified atom stereocenters.